The van der Waals surface area contributed by atoms with Crippen LogP contribution in [0.1, 0.15) is 29.8 Å². The second-order valence-corrected chi connectivity index (χ2v) is 7.49. The van der Waals surface area contributed by atoms with Crippen molar-refractivity contribution in [1.29, 1.82) is 0 Å². The number of carbonyl (C=O) groups excluding carboxylic acids is 1. The summed E-state index contributed by atoms with van der Waals surface area (Å²) in [4.78, 5) is 22.8. The average molecular weight is 347 g/mol. The molecule has 2 aliphatic rings. The molecular weight excluding hydrogens is 326 g/mol. The lowest BCUT2D eigenvalue weighted by molar-refractivity contribution is -0.0388. The van der Waals surface area contributed by atoms with Gasteiger partial charge in [-0.1, -0.05) is 0 Å². The van der Waals surface area contributed by atoms with Crippen molar-refractivity contribution in [3.8, 4) is 0 Å². The van der Waals surface area contributed by atoms with E-state index in [-0.39, 0.29) is 11.5 Å². The monoisotopic (exact) mass is 347 g/mol. The minimum Gasteiger partial charge on any atom is -0.373 e. The van der Waals surface area contributed by atoms with Gasteiger partial charge in [-0.05, 0) is 19.3 Å². The fourth-order valence-corrected chi connectivity index (χ4v) is 4.16. The number of carbonyl (C=O) groups is 1. The Morgan fingerprint density at radius 3 is 2.92 bits per heavy atom. The molecule has 1 spiro atoms. The van der Waals surface area contributed by atoms with Crippen molar-refractivity contribution in [1.82, 2.24) is 19.4 Å². The van der Waals surface area contributed by atoms with Crippen LogP contribution in [0.2, 0.25) is 0 Å². The first-order valence-electron chi connectivity index (χ1n) is 8.21. The summed E-state index contributed by atoms with van der Waals surface area (Å²) in [6, 6.07) is 0.300. The highest BCUT2D eigenvalue weighted by Crippen LogP contribution is 2.37. The van der Waals surface area contributed by atoms with E-state index < -0.39 is 0 Å². The zero-order valence-corrected chi connectivity index (χ0v) is 14.5. The minimum atomic E-state index is -0.101. The van der Waals surface area contributed by atoms with Gasteiger partial charge in [-0.3, -0.25) is 4.79 Å². The van der Waals surface area contributed by atoms with Crippen LogP contribution in [0, 0.1) is 0 Å². The summed E-state index contributed by atoms with van der Waals surface area (Å²) in [7, 11) is 1.87. The van der Waals surface area contributed by atoms with E-state index in [0.717, 1.165) is 37.5 Å². The molecule has 2 aliphatic heterocycles. The van der Waals surface area contributed by atoms with Gasteiger partial charge in [0.15, 0.2) is 5.13 Å². The van der Waals surface area contributed by atoms with Crippen LogP contribution < -0.4 is 5.32 Å². The largest absolute Gasteiger partial charge is 0.373 e. The highest BCUT2D eigenvalue weighted by atomic mass is 32.1. The van der Waals surface area contributed by atoms with E-state index in [1.807, 2.05) is 17.3 Å². The number of nitrogens with one attached hydrogen (secondary N) is 1. The summed E-state index contributed by atoms with van der Waals surface area (Å²) >= 11 is 1.61. The van der Waals surface area contributed by atoms with Crippen LogP contribution in [-0.4, -0.2) is 56.7 Å². The van der Waals surface area contributed by atoms with E-state index in [0.29, 0.717) is 18.3 Å². The molecule has 0 bridgehead atoms. The number of nitrogens with zero attached hydrogens (tertiary/aromatic N) is 4. The third kappa shape index (κ3) is 3.03. The highest BCUT2D eigenvalue weighted by Gasteiger charge is 2.43. The van der Waals surface area contributed by atoms with E-state index in [2.05, 4.69) is 15.3 Å². The van der Waals surface area contributed by atoms with Crippen LogP contribution in [0.25, 0.3) is 0 Å². The molecule has 4 heterocycles. The Labute approximate surface area is 144 Å². The smallest absolute Gasteiger partial charge is 0.274 e. The first-order valence-corrected chi connectivity index (χ1v) is 9.09. The first kappa shape index (κ1) is 15.6. The number of anilines is 1. The van der Waals surface area contributed by atoms with Crippen LogP contribution in [-0.2, 0) is 11.8 Å². The lowest BCUT2D eigenvalue weighted by Crippen LogP contribution is -2.46. The van der Waals surface area contributed by atoms with Crippen molar-refractivity contribution < 1.29 is 9.53 Å². The van der Waals surface area contributed by atoms with E-state index >= 15 is 0 Å². The number of ether oxygens (including phenoxy) is 1. The van der Waals surface area contributed by atoms with Gasteiger partial charge < -0.3 is 19.5 Å². The standard InChI is InChI=1S/C16H21N5O2S/c1-20-9-13(18-11-20)14(22)21-5-2-16(3-6-21)8-12(10-23-16)19-15-17-4-7-24-15/h4,7,9,11-12H,2-3,5-6,8,10H2,1H3,(H,17,19). The van der Waals surface area contributed by atoms with Crippen LogP contribution in [0.5, 0.6) is 0 Å². The molecule has 2 saturated heterocycles. The van der Waals surface area contributed by atoms with Crippen molar-refractivity contribution in [2.75, 3.05) is 25.0 Å². The fraction of sp³-hybridized carbons (Fsp3) is 0.562. The Balaban J connectivity index is 1.33. The van der Waals surface area contributed by atoms with Crippen LogP contribution >= 0.6 is 11.3 Å². The Morgan fingerprint density at radius 1 is 1.42 bits per heavy atom. The molecule has 4 rings (SSSR count). The maximum absolute atomic E-state index is 12.5. The van der Waals surface area contributed by atoms with Gasteiger partial charge in [0.1, 0.15) is 5.69 Å². The van der Waals surface area contributed by atoms with Crippen LogP contribution in [0.3, 0.4) is 0 Å². The quantitative estimate of drug-likeness (QED) is 0.916. The van der Waals surface area contributed by atoms with Crippen molar-refractivity contribution in [3.05, 3.63) is 29.8 Å². The number of piperidine rings is 1. The number of thiazole rings is 1. The van der Waals surface area contributed by atoms with Crippen LogP contribution in [0.15, 0.2) is 24.1 Å². The average Bonchev–Trinajstić information content (AvgIpc) is 3.31. The van der Waals surface area contributed by atoms with Crippen molar-refractivity contribution in [3.63, 3.8) is 0 Å². The van der Waals surface area contributed by atoms with E-state index in [1.165, 1.54) is 0 Å². The molecule has 1 atom stereocenters. The van der Waals surface area contributed by atoms with E-state index in [9.17, 15) is 4.79 Å². The molecule has 2 fully saturated rings. The Kier molecular flexibility index (Phi) is 4.01. The van der Waals surface area contributed by atoms with Gasteiger partial charge in [-0.25, -0.2) is 9.97 Å². The van der Waals surface area contributed by atoms with Crippen LogP contribution in [0.4, 0.5) is 5.13 Å². The van der Waals surface area contributed by atoms with E-state index in [1.54, 1.807) is 34.6 Å². The fourth-order valence-electron chi connectivity index (χ4n) is 3.56. The predicted molar refractivity (Wildman–Crippen MR) is 91.2 cm³/mol. The number of likely N-dealkylation sites (tertiary alicyclic amines) is 1. The Bertz CT molecular complexity index is 706. The molecule has 0 aromatic carbocycles. The van der Waals surface area contributed by atoms with Crippen molar-refractivity contribution >= 4 is 22.4 Å². The molecule has 0 saturated carbocycles. The molecular formula is C16H21N5O2S. The molecule has 8 heteroatoms. The molecule has 2 aromatic heterocycles. The summed E-state index contributed by atoms with van der Waals surface area (Å²) in [5.74, 6) is 0.0147. The molecule has 0 radical (unpaired) electrons. The summed E-state index contributed by atoms with van der Waals surface area (Å²) in [6.07, 6.45) is 7.96. The summed E-state index contributed by atoms with van der Waals surface area (Å²) in [6.45, 7) is 2.15. The molecule has 2 aromatic rings. The van der Waals surface area contributed by atoms with Gasteiger partial charge in [0, 0.05) is 37.9 Å². The van der Waals surface area contributed by atoms with Gasteiger partial charge in [0.25, 0.3) is 5.91 Å². The number of amides is 1. The van der Waals surface area contributed by atoms with Gasteiger partial charge in [-0.2, -0.15) is 0 Å². The highest BCUT2D eigenvalue weighted by molar-refractivity contribution is 7.13. The molecule has 1 amide bonds. The summed E-state index contributed by atoms with van der Waals surface area (Å²) in [5, 5.41) is 6.36. The third-order valence-corrected chi connectivity index (χ3v) is 5.56. The molecule has 24 heavy (non-hydrogen) atoms. The van der Waals surface area contributed by atoms with Gasteiger partial charge >= 0.3 is 0 Å². The maximum atomic E-state index is 12.5. The molecule has 7 nitrogen and oxygen atoms in total. The number of aryl methyl sites for hydroxylation is 1. The lowest BCUT2D eigenvalue weighted by atomic mass is 9.87. The Morgan fingerprint density at radius 2 is 2.25 bits per heavy atom. The number of hydrogen-bond donors (Lipinski definition) is 1. The Hall–Kier alpha value is -1.93. The number of rotatable bonds is 3. The summed E-state index contributed by atoms with van der Waals surface area (Å²) < 4.78 is 7.94. The normalized spacial score (nSPS) is 22.9. The minimum absolute atomic E-state index is 0.0147. The molecule has 128 valence electrons. The number of aromatic nitrogens is 3. The first-order chi connectivity index (χ1) is 11.6. The molecule has 0 aliphatic carbocycles. The second-order valence-electron chi connectivity index (χ2n) is 6.59. The van der Waals surface area contributed by atoms with Gasteiger partial charge in [0.2, 0.25) is 0 Å². The molecule has 1 unspecified atom stereocenters. The number of hydrogen-bond acceptors (Lipinski definition) is 6. The van der Waals surface area contributed by atoms with E-state index in [4.69, 9.17) is 4.74 Å². The molecule has 1 N–H and O–H groups in total. The second kappa shape index (κ2) is 6.18. The zero-order chi connectivity index (χ0) is 16.6. The lowest BCUT2D eigenvalue weighted by Gasteiger charge is -2.38. The predicted octanol–water partition coefficient (Wildman–Crippen LogP) is 1.75. The van der Waals surface area contributed by atoms with Crippen molar-refractivity contribution in [2.24, 2.45) is 7.05 Å². The van der Waals surface area contributed by atoms with Gasteiger partial charge in [-0.15, -0.1) is 11.3 Å². The SMILES string of the molecule is Cn1cnc(C(=O)N2CCC3(CC2)CC(Nc2nccs2)CO3)c1. The maximum Gasteiger partial charge on any atom is 0.274 e. The topological polar surface area (TPSA) is 72.3 Å². The zero-order valence-electron chi connectivity index (χ0n) is 13.6. The number of imidazole rings is 1. The summed E-state index contributed by atoms with van der Waals surface area (Å²) in [5.41, 5.74) is 0.416. The van der Waals surface area contributed by atoms with Gasteiger partial charge in [0.05, 0.1) is 24.6 Å². The third-order valence-electron chi connectivity index (χ3n) is 4.85. The van der Waals surface area contributed by atoms with Crippen molar-refractivity contribution in [2.45, 2.75) is 30.9 Å².